The average Bonchev–Trinajstić information content (AvgIpc) is 2.60. The van der Waals surface area contributed by atoms with Crippen LogP contribution in [0.3, 0.4) is 0 Å². The van der Waals surface area contributed by atoms with Crippen LogP contribution in [0.2, 0.25) is 0 Å². The molecule has 0 bridgehead atoms. The second-order valence-corrected chi connectivity index (χ2v) is 4.75. The molecule has 2 N–H and O–H groups in total. The Morgan fingerprint density at radius 1 is 1.00 bits per heavy atom. The van der Waals surface area contributed by atoms with Crippen molar-refractivity contribution in [1.82, 2.24) is 5.32 Å². The lowest BCUT2D eigenvalue weighted by molar-refractivity contribution is -0.115. The molecule has 0 spiro atoms. The van der Waals surface area contributed by atoms with Gasteiger partial charge in [-0.1, -0.05) is 18.2 Å². The van der Waals surface area contributed by atoms with Crippen LogP contribution >= 0.6 is 0 Å². The zero-order valence-electron chi connectivity index (χ0n) is 13.3. The Morgan fingerprint density at radius 3 is 2.21 bits per heavy atom. The van der Waals surface area contributed by atoms with Crippen molar-refractivity contribution < 1.29 is 23.5 Å². The molecule has 7 heteroatoms. The minimum absolute atomic E-state index is 0.0478. The van der Waals surface area contributed by atoms with Gasteiger partial charge in [-0.15, -0.1) is 0 Å². The first-order valence-corrected chi connectivity index (χ1v) is 7.10. The maximum Gasteiger partial charge on any atom is 0.259 e. The van der Waals surface area contributed by atoms with Crippen LogP contribution in [0.15, 0.2) is 42.5 Å². The number of rotatable bonds is 6. The summed E-state index contributed by atoms with van der Waals surface area (Å²) in [6.07, 6.45) is 0. The number of carbonyl (C=O) groups excluding carboxylic acids is 2. The highest BCUT2D eigenvalue weighted by atomic mass is 19.1. The van der Waals surface area contributed by atoms with E-state index in [-0.39, 0.29) is 17.8 Å². The molecule has 0 radical (unpaired) electrons. The van der Waals surface area contributed by atoms with Crippen molar-refractivity contribution in [2.75, 3.05) is 26.1 Å². The summed E-state index contributed by atoms with van der Waals surface area (Å²) < 4.78 is 23.7. The number of methoxy groups -OCH3 is 2. The predicted octanol–water partition coefficient (Wildman–Crippen LogP) is 2.21. The third-order valence-corrected chi connectivity index (χ3v) is 3.21. The van der Waals surface area contributed by atoms with E-state index < -0.39 is 17.6 Å². The minimum atomic E-state index is -0.553. The lowest BCUT2D eigenvalue weighted by Gasteiger charge is -2.13. The molecule has 0 atom stereocenters. The number of para-hydroxylation sites is 1. The quantitative estimate of drug-likeness (QED) is 0.850. The Kier molecular flexibility index (Phi) is 5.73. The summed E-state index contributed by atoms with van der Waals surface area (Å²) in [5, 5.41) is 4.84. The molecule has 0 saturated heterocycles. The van der Waals surface area contributed by atoms with E-state index in [0.29, 0.717) is 11.5 Å². The van der Waals surface area contributed by atoms with Crippen LogP contribution in [0.5, 0.6) is 11.5 Å². The van der Waals surface area contributed by atoms with Crippen LogP contribution in [0, 0.1) is 5.82 Å². The fraction of sp³-hybridized carbons (Fsp3) is 0.176. The van der Waals surface area contributed by atoms with Gasteiger partial charge in [0.05, 0.1) is 26.5 Å². The summed E-state index contributed by atoms with van der Waals surface area (Å²) >= 11 is 0. The molecule has 0 aliphatic heterocycles. The van der Waals surface area contributed by atoms with Gasteiger partial charge in [0.2, 0.25) is 5.91 Å². The van der Waals surface area contributed by atoms with Gasteiger partial charge < -0.3 is 20.1 Å². The van der Waals surface area contributed by atoms with Gasteiger partial charge in [0.15, 0.2) is 0 Å². The normalized spacial score (nSPS) is 9.96. The van der Waals surface area contributed by atoms with E-state index >= 15 is 0 Å². The van der Waals surface area contributed by atoms with E-state index in [0.717, 1.165) is 0 Å². The molecule has 0 aliphatic rings. The molecular weight excluding hydrogens is 315 g/mol. The molecule has 6 nitrogen and oxygen atoms in total. The van der Waals surface area contributed by atoms with Crippen LogP contribution in [-0.2, 0) is 4.79 Å². The minimum Gasteiger partial charge on any atom is -0.496 e. The van der Waals surface area contributed by atoms with E-state index in [1.807, 2.05) is 0 Å². The van der Waals surface area contributed by atoms with Gasteiger partial charge >= 0.3 is 0 Å². The van der Waals surface area contributed by atoms with Crippen molar-refractivity contribution in [3.8, 4) is 11.5 Å². The zero-order chi connectivity index (χ0) is 17.5. The summed E-state index contributed by atoms with van der Waals surface area (Å²) in [5.74, 6) is -0.999. The zero-order valence-corrected chi connectivity index (χ0v) is 13.3. The number of hydrogen-bond acceptors (Lipinski definition) is 4. The van der Waals surface area contributed by atoms with E-state index in [1.165, 1.54) is 32.4 Å². The van der Waals surface area contributed by atoms with Gasteiger partial charge in [-0.05, 0) is 24.3 Å². The third-order valence-electron chi connectivity index (χ3n) is 3.21. The fourth-order valence-corrected chi connectivity index (χ4v) is 2.08. The summed E-state index contributed by atoms with van der Waals surface area (Å²) in [6.45, 7) is -0.325. The van der Waals surface area contributed by atoms with Crippen LogP contribution in [-0.4, -0.2) is 32.6 Å². The lowest BCUT2D eigenvalue weighted by Crippen LogP contribution is -2.33. The van der Waals surface area contributed by atoms with Gasteiger partial charge in [0, 0.05) is 0 Å². The van der Waals surface area contributed by atoms with Crippen LogP contribution in [0.1, 0.15) is 10.4 Å². The van der Waals surface area contributed by atoms with E-state index in [9.17, 15) is 14.0 Å². The number of benzene rings is 2. The monoisotopic (exact) mass is 332 g/mol. The van der Waals surface area contributed by atoms with Gasteiger partial charge in [0.25, 0.3) is 5.91 Å². The van der Waals surface area contributed by atoms with Crippen molar-refractivity contribution in [3.05, 3.63) is 53.8 Å². The molecule has 2 amide bonds. The Labute approximate surface area is 138 Å². The van der Waals surface area contributed by atoms with Crippen LogP contribution in [0.25, 0.3) is 0 Å². The van der Waals surface area contributed by atoms with Gasteiger partial charge in [0.1, 0.15) is 22.9 Å². The third kappa shape index (κ3) is 4.01. The molecule has 2 aromatic rings. The SMILES string of the molecule is COc1cccc(OC)c1C(=O)NCC(=O)Nc1ccccc1F. The van der Waals surface area contributed by atoms with Crippen molar-refractivity contribution in [2.24, 2.45) is 0 Å². The second kappa shape index (κ2) is 7.96. The molecule has 0 unspecified atom stereocenters. The fourth-order valence-electron chi connectivity index (χ4n) is 2.08. The highest BCUT2D eigenvalue weighted by Crippen LogP contribution is 2.27. The first-order valence-electron chi connectivity index (χ1n) is 7.10. The van der Waals surface area contributed by atoms with E-state index in [1.54, 1.807) is 24.3 Å². The molecule has 24 heavy (non-hydrogen) atoms. The molecule has 0 aliphatic carbocycles. The molecule has 0 heterocycles. The number of nitrogens with one attached hydrogen (secondary N) is 2. The highest BCUT2D eigenvalue weighted by molar-refractivity contribution is 6.02. The molecule has 2 aromatic carbocycles. The van der Waals surface area contributed by atoms with Crippen molar-refractivity contribution in [3.63, 3.8) is 0 Å². The number of halogens is 1. The van der Waals surface area contributed by atoms with E-state index in [2.05, 4.69) is 10.6 Å². The average molecular weight is 332 g/mol. The Hall–Kier alpha value is -3.09. The smallest absolute Gasteiger partial charge is 0.259 e. The number of carbonyl (C=O) groups is 2. The summed E-state index contributed by atoms with van der Waals surface area (Å²) in [5.41, 5.74) is 0.229. The van der Waals surface area contributed by atoms with Gasteiger partial charge in [-0.3, -0.25) is 9.59 Å². The molecular formula is C17H17FN2O4. The summed E-state index contributed by atoms with van der Waals surface area (Å²) in [6, 6.07) is 10.7. The van der Waals surface area contributed by atoms with Gasteiger partial charge in [-0.25, -0.2) is 4.39 Å². The van der Waals surface area contributed by atoms with Crippen LogP contribution in [0.4, 0.5) is 10.1 Å². The molecule has 2 rings (SSSR count). The van der Waals surface area contributed by atoms with Crippen molar-refractivity contribution >= 4 is 17.5 Å². The standard InChI is InChI=1S/C17H17FN2O4/c1-23-13-8-5-9-14(24-2)16(13)17(22)19-10-15(21)20-12-7-4-3-6-11(12)18/h3-9H,10H2,1-2H3,(H,19,22)(H,20,21). The largest absolute Gasteiger partial charge is 0.496 e. The van der Waals surface area contributed by atoms with E-state index in [4.69, 9.17) is 9.47 Å². The number of ether oxygens (including phenoxy) is 2. The molecule has 0 saturated carbocycles. The second-order valence-electron chi connectivity index (χ2n) is 4.75. The maximum atomic E-state index is 13.5. The van der Waals surface area contributed by atoms with Crippen LogP contribution < -0.4 is 20.1 Å². The maximum absolute atomic E-state index is 13.5. The molecule has 0 aromatic heterocycles. The Morgan fingerprint density at radius 2 is 1.62 bits per heavy atom. The Balaban J connectivity index is 2.03. The summed E-state index contributed by atoms with van der Waals surface area (Å²) in [4.78, 5) is 24.2. The first-order chi connectivity index (χ1) is 11.6. The molecule has 0 fully saturated rings. The first kappa shape index (κ1) is 17.3. The van der Waals surface area contributed by atoms with Gasteiger partial charge in [-0.2, -0.15) is 0 Å². The van der Waals surface area contributed by atoms with Crippen molar-refractivity contribution in [1.29, 1.82) is 0 Å². The topological polar surface area (TPSA) is 76.7 Å². The predicted molar refractivity (Wildman–Crippen MR) is 86.9 cm³/mol. The highest BCUT2D eigenvalue weighted by Gasteiger charge is 2.18. The summed E-state index contributed by atoms with van der Waals surface area (Å²) in [7, 11) is 2.85. The Bertz CT molecular complexity index is 727. The number of anilines is 1. The van der Waals surface area contributed by atoms with Crippen molar-refractivity contribution in [2.45, 2.75) is 0 Å². The lowest BCUT2D eigenvalue weighted by atomic mass is 10.1. The molecule has 126 valence electrons. The number of amides is 2. The number of hydrogen-bond donors (Lipinski definition) is 2.